The summed E-state index contributed by atoms with van der Waals surface area (Å²) in [7, 11) is 0. The van der Waals surface area contributed by atoms with Gasteiger partial charge in [0.1, 0.15) is 0 Å². The Morgan fingerprint density at radius 2 is 1.74 bits per heavy atom. The normalized spacial score (nSPS) is 24.4. The predicted molar refractivity (Wildman–Crippen MR) is 111 cm³/mol. The summed E-state index contributed by atoms with van der Waals surface area (Å²) < 4.78 is 0. The van der Waals surface area contributed by atoms with Crippen molar-refractivity contribution in [2.24, 2.45) is 0 Å². The fourth-order valence-corrected chi connectivity index (χ4v) is 5.21. The van der Waals surface area contributed by atoms with Crippen LogP contribution >= 0.6 is 24.2 Å². The van der Waals surface area contributed by atoms with Gasteiger partial charge in [0.05, 0.1) is 11.3 Å². The zero-order valence-corrected chi connectivity index (χ0v) is 17.2. The number of halogens is 1. The number of benzene rings is 1. The van der Waals surface area contributed by atoms with E-state index in [-0.39, 0.29) is 24.2 Å². The Morgan fingerprint density at radius 1 is 1.00 bits per heavy atom. The molecule has 0 aliphatic carbocycles. The molecule has 2 atom stereocenters. The molecule has 3 aliphatic rings. The van der Waals surface area contributed by atoms with Crippen LogP contribution in [0.3, 0.4) is 0 Å². The molecule has 3 saturated heterocycles. The smallest absolute Gasteiger partial charge is 0.255 e. The maximum Gasteiger partial charge on any atom is 0.255 e. The van der Waals surface area contributed by atoms with Crippen molar-refractivity contribution in [1.29, 1.82) is 0 Å². The first-order valence-electron chi connectivity index (χ1n) is 9.75. The van der Waals surface area contributed by atoms with Gasteiger partial charge in [0.2, 0.25) is 5.91 Å². The Hall–Kier alpha value is -1.24. The van der Waals surface area contributed by atoms with Gasteiger partial charge in [-0.1, -0.05) is 12.1 Å². The zero-order chi connectivity index (χ0) is 17.9. The van der Waals surface area contributed by atoms with Crippen LogP contribution in [0.5, 0.6) is 0 Å². The van der Waals surface area contributed by atoms with E-state index in [1.807, 2.05) is 34.1 Å². The average Bonchev–Trinajstić information content (AvgIpc) is 3.29. The van der Waals surface area contributed by atoms with Crippen molar-refractivity contribution in [2.75, 3.05) is 31.9 Å². The van der Waals surface area contributed by atoms with E-state index in [1.165, 1.54) is 18.2 Å². The van der Waals surface area contributed by atoms with Gasteiger partial charge >= 0.3 is 0 Å². The molecule has 7 heteroatoms. The largest absolute Gasteiger partial charge is 0.342 e. The third-order valence-corrected chi connectivity index (χ3v) is 6.80. The number of nitrogens with one attached hydrogen (secondary N) is 1. The summed E-state index contributed by atoms with van der Waals surface area (Å²) >= 11 is 1.50. The second kappa shape index (κ2) is 9.30. The van der Waals surface area contributed by atoms with Crippen LogP contribution in [0, 0.1) is 0 Å². The highest BCUT2D eigenvalue weighted by molar-refractivity contribution is 8.00. The Kier molecular flexibility index (Phi) is 7.06. The number of amides is 2. The van der Waals surface area contributed by atoms with Crippen molar-refractivity contribution in [3.05, 3.63) is 29.8 Å². The molecule has 148 valence electrons. The molecule has 1 N–H and O–H groups in total. The monoisotopic (exact) mass is 409 g/mol. The van der Waals surface area contributed by atoms with Gasteiger partial charge in [0.25, 0.3) is 5.91 Å². The van der Waals surface area contributed by atoms with Crippen molar-refractivity contribution < 1.29 is 9.59 Å². The van der Waals surface area contributed by atoms with Crippen LogP contribution in [-0.4, -0.2) is 65.6 Å². The van der Waals surface area contributed by atoms with E-state index in [1.54, 1.807) is 0 Å². The maximum atomic E-state index is 13.1. The highest BCUT2D eigenvalue weighted by Gasteiger charge is 2.32. The first kappa shape index (κ1) is 20.5. The lowest BCUT2D eigenvalue weighted by Crippen LogP contribution is -2.39. The molecule has 1 aromatic rings. The lowest BCUT2D eigenvalue weighted by atomic mass is 10.1. The van der Waals surface area contributed by atoms with Gasteiger partial charge in [-0.2, -0.15) is 0 Å². The Labute approximate surface area is 171 Å². The third kappa shape index (κ3) is 4.79. The van der Waals surface area contributed by atoms with E-state index < -0.39 is 0 Å². The van der Waals surface area contributed by atoms with Gasteiger partial charge in [-0.25, -0.2) is 0 Å². The molecule has 0 radical (unpaired) electrons. The van der Waals surface area contributed by atoms with Crippen LogP contribution in [0.15, 0.2) is 29.2 Å². The third-order valence-electron chi connectivity index (χ3n) is 5.74. The van der Waals surface area contributed by atoms with Crippen LogP contribution in [0.2, 0.25) is 0 Å². The van der Waals surface area contributed by atoms with E-state index in [0.717, 1.165) is 62.3 Å². The summed E-state index contributed by atoms with van der Waals surface area (Å²) in [6.07, 6.45) is 5.64. The maximum absolute atomic E-state index is 13.1. The lowest BCUT2D eigenvalue weighted by molar-refractivity contribution is -0.127. The van der Waals surface area contributed by atoms with Crippen LogP contribution in [0.25, 0.3) is 0 Å². The lowest BCUT2D eigenvalue weighted by Gasteiger charge is -2.25. The highest BCUT2D eigenvalue weighted by atomic mass is 35.5. The second-order valence-electron chi connectivity index (χ2n) is 7.55. The molecule has 3 aliphatic heterocycles. The summed E-state index contributed by atoms with van der Waals surface area (Å²) in [5, 5.41) is 3.63. The second-order valence-corrected chi connectivity index (χ2v) is 8.57. The van der Waals surface area contributed by atoms with Gasteiger partial charge in [-0.05, 0) is 44.2 Å². The van der Waals surface area contributed by atoms with E-state index in [4.69, 9.17) is 0 Å². The molecule has 3 fully saturated rings. The van der Waals surface area contributed by atoms with E-state index in [2.05, 4.69) is 5.32 Å². The van der Waals surface area contributed by atoms with Gasteiger partial charge in [0.15, 0.2) is 0 Å². The molecule has 0 aromatic heterocycles. The molecule has 0 spiro atoms. The molecule has 2 unspecified atom stereocenters. The van der Waals surface area contributed by atoms with E-state index >= 15 is 0 Å². The number of hydrogen-bond acceptors (Lipinski definition) is 4. The quantitative estimate of drug-likeness (QED) is 0.777. The van der Waals surface area contributed by atoms with E-state index in [9.17, 15) is 9.59 Å². The summed E-state index contributed by atoms with van der Waals surface area (Å²) in [6.45, 7) is 3.37. The summed E-state index contributed by atoms with van der Waals surface area (Å²) in [5.41, 5.74) is 0.740. The highest BCUT2D eigenvalue weighted by Crippen LogP contribution is 2.27. The molecule has 5 nitrogen and oxygen atoms in total. The van der Waals surface area contributed by atoms with Crippen LogP contribution in [-0.2, 0) is 4.79 Å². The molecule has 2 bridgehead atoms. The molecule has 2 amide bonds. The predicted octanol–water partition coefficient (Wildman–Crippen LogP) is 2.79. The van der Waals surface area contributed by atoms with Crippen molar-refractivity contribution in [1.82, 2.24) is 15.1 Å². The first-order valence-corrected chi connectivity index (χ1v) is 10.7. The number of carbonyl (C=O) groups excluding carboxylic acids is 2. The molecule has 3 heterocycles. The number of fused-ring (bicyclic) bond motifs is 2. The molecule has 0 saturated carbocycles. The van der Waals surface area contributed by atoms with Crippen LogP contribution in [0.4, 0.5) is 0 Å². The average molecular weight is 410 g/mol. The first-order chi connectivity index (χ1) is 12.7. The van der Waals surface area contributed by atoms with Crippen molar-refractivity contribution in [3.8, 4) is 0 Å². The number of nitrogens with zero attached hydrogens (tertiary/aromatic N) is 2. The van der Waals surface area contributed by atoms with Gasteiger partial charge in [-0.15, -0.1) is 24.2 Å². The molecule has 4 rings (SSSR count). The van der Waals surface area contributed by atoms with E-state index in [0.29, 0.717) is 17.8 Å². The Morgan fingerprint density at radius 3 is 2.56 bits per heavy atom. The van der Waals surface area contributed by atoms with Crippen LogP contribution in [0.1, 0.15) is 42.5 Å². The van der Waals surface area contributed by atoms with Crippen molar-refractivity contribution in [2.45, 2.75) is 49.1 Å². The SMILES string of the molecule is Cl.O=C(CSc1ccccc1C(=O)N1CCC2CCC(C1)N2)N1CCCC1. The molecular weight excluding hydrogens is 382 g/mol. The van der Waals surface area contributed by atoms with Crippen molar-refractivity contribution in [3.63, 3.8) is 0 Å². The number of rotatable bonds is 4. The topological polar surface area (TPSA) is 52.7 Å². The summed E-state index contributed by atoms with van der Waals surface area (Å²) in [6, 6.07) is 8.75. The van der Waals surface area contributed by atoms with Crippen molar-refractivity contribution >= 4 is 36.0 Å². The summed E-state index contributed by atoms with van der Waals surface area (Å²) in [4.78, 5) is 30.3. The minimum absolute atomic E-state index is 0. The Bertz CT molecular complexity index is 681. The summed E-state index contributed by atoms with van der Waals surface area (Å²) in [5.74, 6) is 0.707. The number of thioether (sulfide) groups is 1. The fraction of sp³-hybridized carbons (Fsp3) is 0.600. The standard InChI is InChI=1S/C20H27N3O2S.ClH/c24-19(22-10-3-4-11-22)14-26-18-6-2-1-5-17(18)20(25)23-12-9-15-7-8-16(13-23)21-15;/h1-2,5-6,15-16,21H,3-4,7-14H2;1H. The fourth-order valence-electron chi connectivity index (χ4n) is 4.26. The van der Waals surface area contributed by atoms with Gasteiger partial charge in [-0.3, -0.25) is 9.59 Å². The Balaban J connectivity index is 0.00000210. The number of carbonyl (C=O) groups is 2. The minimum Gasteiger partial charge on any atom is -0.342 e. The number of likely N-dealkylation sites (tertiary alicyclic amines) is 2. The number of hydrogen-bond donors (Lipinski definition) is 1. The minimum atomic E-state index is 0. The zero-order valence-electron chi connectivity index (χ0n) is 15.6. The molecule has 27 heavy (non-hydrogen) atoms. The molecule has 1 aromatic carbocycles. The van der Waals surface area contributed by atoms with Gasteiger partial charge < -0.3 is 15.1 Å². The van der Waals surface area contributed by atoms with Crippen LogP contribution < -0.4 is 5.32 Å². The van der Waals surface area contributed by atoms with Gasteiger partial charge in [0, 0.05) is 43.2 Å². The molecular formula is C20H28ClN3O2S.